The van der Waals surface area contributed by atoms with Crippen molar-refractivity contribution in [1.29, 1.82) is 0 Å². The van der Waals surface area contributed by atoms with Gasteiger partial charge in [0, 0.05) is 19.4 Å². The average Bonchev–Trinajstić information content (AvgIpc) is 2.70. The first kappa shape index (κ1) is 12.8. The van der Waals surface area contributed by atoms with Crippen molar-refractivity contribution in [1.82, 2.24) is 5.32 Å². The Labute approximate surface area is 107 Å². The van der Waals surface area contributed by atoms with Crippen LogP contribution in [0.4, 0.5) is 5.69 Å². The molecule has 1 aliphatic heterocycles. The third kappa shape index (κ3) is 2.76. The molecule has 0 bridgehead atoms. The van der Waals surface area contributed by atoms with E-state index in [0.717, 1.165) is 25.1 Å². The Morgan fingerprint density at radius 1 is 1.22 bits per heavy atom. The van der Waals surface area contributed by atoms with Gasteiger partial charge in [-0.3, -0.25) is 14.5 Å². The summed E-state index contributed by atoms with van der Waals surface area (Å²) < 4.78 is 0. The van der Waals surface area contributed by atoms with Crippen molar-refractivity contribution in [2.75, 3.05) is 11.4 Å². The van der Waals surface area contributed by atoms with E-state index in [2.05, 4.69) is 12.2 Å². The second kappa shape index (κ2) is 5.78. The molecule has 0 spiro atoms. The van der Waals surface area contributed by atoms with Crippen LogP contribution in [0.3, 0.4) is 0 Å². The zero-order valence-electron chi connectivity index (χ0n) is 10.6. The maximum Gasteiger partial charge on any atom is 0.234 e. The first-order valence-corrected chi connectivity index (χ1v) is 6.38. The van der Waals surface area contributed by atoms with Gasteiger partial charge in [0.15, 0.2) is 0 Å². The molecule has 1 aromatic carbocycles. The maximum atomic E-state index is 11.6. The van der Waals surface area contributed by atoms with Crippen molar-refractivity contribution < 1.29 is 9.59 Å². The predicted molar refractivity (Wildman–Crippen MR) is 70.2 cm³/mol. The zero-order valence-corrected chi connectivity index (χ0v) is 10.6. The van der Waals surface area contributed by atoms with Crippen LogP contribution < -0.4 is 10.2 Å². The van der Waals surface area contributed by atoms with Gasteiger partial charge in [0.25, 0.3) is 0 Å². The summed E-state index contributed by atoms with van der Waals surface area (Å²) in [6.45, 7) is 3.84. The molecule has 4 heteroatoms. The fraction of sp³-hybridized carbons (Fsp3) is 0.429. The standard InChI is InChI=1S/C14H18N2O2/c1-2-8-15-10-11-4-3-5-12(9-11)16-13(17)6-7-14(16)18/h3-5,9,15H,2,6-8,10H2,1H3. The summed E-state index contributed by atoms with van der Waals surface area (Å²) in [5.41, 5.74) is 1.78. The van der Waals surface area contributed by atoms with Gasteiger partial charge in [-0.2, -0.15) is 0 Å². The number of carbonyl (C=O) groups excluding carboxylic acids is 2. The fourth-order valence-electron chi connectivity index (χ4n) is 2.08. The number of hydrogen-bond acceptors (Lipinski definition) is 3. The lowest BCUT2D eigenvalue weighted by molar-refractivity contribution is -0.121. The molecule has 0 atom stereocenters. The minimum atomic E-state index is -0.0985. The third-order valence-corrected chi connectivity index (χ3v) is 2.98. The van der Waals surface area contributed by atoms with Crippen molar-refractivity contribution in [2.45, 2.75) is 32.7 Å². The molecular formula is C14H18N2O2. The van der Waals surface area contributed by atoms with Crippen LogP contribution in [0.1, 0.15) is 31.7 Å². The first-order chi connectivity index (χ1) is 8.72. The summed E-state index contributed by atoms with van der Waals surface area (Å²) in [6.07, 6.45) is 1.75. The molecule has 2 rings (SSSR count). The summed E-state index contributed by atoms with van der Waals surface area (Å²) in [5.74, 6) is -0.197. The highest BCUT2D eigenvalue weighted by Gasteiger charge is 2.30. The van der Waals surface area contributed by atoms with Crippen molar-refractivity contribution in [3.05, 3.63) is 29.8 Å². The first-order valence-electron chi connectivity index (χ1n) is 6.38. The van der Waals surface area contributed by atoms with E-state index in [0.29, 0.717) is 18.5 Å². The number of benzene rings is 1. The molecule has 0 unspecified atom stereocenters. The van der Waals surface area contributed by atoms with E-state index in [9.17, 15) is 9.59 Å². The van der Waals surface area contributed by atoms with Gasteiger partial charge in [-0.1, -0.05) is 19.1 Å². The minimum absolute atomic E-state index is 0.0985. The quantitative estimate of drug-likeness (QED) is 0.637. The Balaban J connectivity index is 2.11. The summed E-state index contributed by atoms with van der Waals surface area (Å²) in [6, 6.07) is 7.60. The largest absolute Gasteiger partial charge is 0.313 e. The molecule has 1 aromatic rings. The number of carbonyl (C=O) groups is 2. The van der Waals surface area contributed by atoms with Crippen molar-refractivity contribution in [3.63, 3.8) is 0 Å². The molecule has 1 heterocycles. The number of imide groups is 1. The summed E-state index contributed by atoms with van der Waals surface area (Å²) >= 11 is 0. The molecule has 0 aliphatic carbocycles. The van der Waals surface area contributed by atoms with Crippen LogP contribution in [0, 0.1) is 0 Å². The lowest BCUT2D eigenvalue weighted by Crippen LogP contribution is -2.28. The molecule has 2 amide bonds. The van der Waals surface area contributed by atoms with E-state index >= 15 is 0 Å². The van der Waals surface area contributed by atoms with Gasteiger partial charge in [0.05, 0.1) is 5.69 Å². The Hall–Kier alpha value is -1.68. The van der Waals surface area contributed by atoms with Crippen LogP contribution in [-0.4, -0.2) is 18.4 Å². The van der Waals surface area contributed by atoms with Crippen molar-refractivity contribution in [3.8, 4) is 0 Å². The SMILES string of the molecule is CCCNCc1cccc(N2C(=O)CCC2=O)c1. The summed E-state index contributed by atoms with van der Waals surface area (Å²) in [4.78, 5) is 24.6. The number of hydrogen-bond donors (Lipinski definition) is 1. The topological polar surface area (TPSA) is 49.4 Å². The molecule has 0 saturated carbocycles. The van der Waals surface area contributed by atoms with Crippen LogP contribution >= 0.6 is 0 Å². The van der Waals surface area contributed by atoms with Crippen LogP contribution in [0.2, 0.25) is 0 Å². The Kier molecular flexibility index (Phi) is 4.10. The molecule has 1 N–H and O–H groups in total. The van der Waals surface area contributed by atoms with Gasteiger partial charge in [0.2, 0.25) is 11.8 Å². The molecule has 18 heavy (non-hydrogen) atoms. The second-order valence-electron chi connectivity index (χ2n) is 4.47. The molecule has 0 aromatic heterocycles. The van der Waals surface area contributed by atoms with Crippen LogP contribution in [0.15, 0.2) is 24.3 Å². The van der Waals surface area contributed by atoms with Crippen LogP contribution in [0.5, 0.6) is 0 Å². The lowest BCUT2D eigenvalue weighted by atomic mass is 10.2. The molecule has 96 valence electrons. The Morgan fingerprint density at radius 2 is 1.94 bits per heavy atom. The maximum absolute atomic E-state index is 11.6. The van der Waals surface area contributed by atoms with Crippen molar-refractivity contribution in [2.24, 2.45) is 0 Å². The van der Waals surface area contributed by atoms with E-state index < -0.39 is 0 Å². The van der Waals surface area contributed by atoms with Gasteiger partial charge < -0.3 is 5.32 Å². The molecule has 1 saturated heterocycles. The van der Waals surface area contributed by atoms with E-state index in [1.54, 1.807) is 0 Å². The average molecular weight is 246 g/mol. The molecule has 4 nitrogen and oxygen atoms in total. The van der Waals surface area contributed by atoms with E-state index in [1.165, 1.54) is 4.90 Å². The summed E-state index contributed by atoms with van der Waals surface area (Å²) in [7, 11) is 0. The molecule has 1 aliphatic rings. The number of nitrogens with one attached hydrogen (secondary N) is 1. The molecular weight excluding hydrogens is 228 g/mol. The van der Waals surface area contributed by atoms with Crippen molar-refractivity contribution >= 4 is 17.5 Å². The number of rotatable bonds is 5. The van der Waals surface area contributed by atoms with Gasteiger partial charge >= 0.3 is 0 Å². The highest BCUT2D eigenvalue weighted by molar-refractivity contribution is 6.19. The Morgan fingerprint density at radius 3 is 2.61 bits per heavy atom. The van der Waals surface area contributed by atoms with E-state index in [1.807, 2.05) is 24.3 Å². The third-order valence-electron chi connectivity index (χ3n) is 2.98. The Bertz CT molecular complexity index is 441. The molecule has 1 fully saturated rings. The smallest absolute Gasteiger partial charge is 0.234 e. The fourth-order valence-corrected chi connectivity index (χ4v) is 2.08. The highest BCUT2D eigenvalue weighted by atomic mass is 16.2. The monoisotopic (exact) mass is 246 g/mol. The van der Waals surface area contributed by atoms with Gasteiger partial charge in [0.1, 0.15) is 0 Å². The number of amides is 2. The highest BCUT2D eigenvalue weighted by Crippen LogP contribution is 2.23. The minimum Gasteiger partial charge on any atom is -0.313 e. The van der Waals surface area contributed by atoms with E-state index in [4.69, 9.17) is 0 Å². The van der Waals surface area contributed by atoms with Gasteiger partial charge in [-0.15, -0.1) is 0 Å². The number of anilines is 1. The van der Waals surface area contributed by atoms with Crippen LogP contribution in [0.25, 0.3) is 0 Å². The second-order valence-corrected chi connectivity index (χ2v) is 4.47. The zero-order chi connectivity index (χ0) is 13.0. The van der Waals surface area contributed by atoms with E-state index in [-0.39, 0.29) is 11.8 Å². The molecule has 0 radical (unpaired) electrons. The van der Waals surface area contributed by atoms with Gasteiger partial charge in [-0.05, 0) is 30.7 Å². The number of nitrogens with zero attached hydrogens (tertiary/aromatic N) is 1. The van der Waals surface area contributed by atoms with Crippen LogP contribution in [-0.2, 0) is 16.1 Å². The normalized spacial score (nSPS) is 15.5. The summed E-state index contributed by atoms with van der Waals surface area (Å²) in [5, 5.41) is 3.30. The predicted octanol–water partition coefficient (Wildman–Crippen LogP) is 1.84. The van der Waals surface area contributed by atoms with Gasteiger partial charge in [-0.25, -0.2) is 0 Å². The lowest BCUT2D eigenvalue weighted by Gasteiger charge is -2.15.